The third-order valence-corrected chi connectivity index (χ3v) is 7.58. The number of hydrogen-bond donors (Lipinski definition) is 1. The lowest BCUT2D eigenvalue weighted by Crippen LogP contribution is -2.29. The molecule has 0 saturated heterocycles. The maximum Gasteiger partial charge on any atom is 0.333 e. The second-order valence-corrected chi connectivity index (χ2v) is 9.58. The zero-order chi connectivity index (χ0) is 20.4. The molecule has 1 N–H and O–H groups in total. The second-order valence-electron chi connectivity index (χ2n) is 9.58. The summed E-state index contributed by atoms with van der Waals surface area (Å²) in [4.78, 5) is 11.6. The number of esters is 1. The van der Waals surface area contributed by atoms with E-state index in [1.165, 1.54) is 70.6 Å². The van der Waals surface area contributed by atoms with Crippen molar-refractivity contribution in [1.29, 1.82) is 0 Å². The van der Waals surface area contributed by atoms with E-state index in [1.807, 2.05) is 0 Å². The first-order valence-electron chi connectivity index (χ1n) is 12.0. The molecule has 0 aromatic heterocycles. The van der Waals surface area contributed by atoms with E-state index in [4.69, 9.17) is 4.74 Å². The van der Waals surface area contributed by atoms with Gasteiger partial charge in [0.1, 0.15) is 0 Å². The first kappa shape index (κ1) is 23.4. The molecule has 0 amide bonds. The van der Waals surface area contributed by atoms with E-state index in [2.05, 4.69) is 13.5 Å². The zero-order valence-electron chi connectivity index (χ0n) is 18.5. The fourth-order valence-corrected chi connectivity index (χ4v) is 5.74. The zero-order valence-corrected chi connectivity index (χ0v) is 18.5. The molecule has 28 heavy (non-hydrogen) atoms. The molecule has 2 fully saturated rings. The molecule has 0 radical (unpaired) electrons. The maximum absolute atomic E-state index is 11.6. The summed E-state index contributed by atoms with van der Waals surface area (Å²) in [6.45, 7) is 8.32. The van der Waals surface area contributed by atoms with E-state index in [-0.39, 0.29) is 12.6 Å². The van der Waals surface area contributed by atoms with Crippen LogP contribution in [0.2, 0.25) is 0 Å². The highest BCUT2D eigenvalue weighted by atomic mass is 16.5. The van der Waals surface area contributed by atoms with Crippen LogP contribution < -0.4 is 0 Å². The summed E-state index contributed by atoms with van der Waals surface area (Å²) in [6, 6.07) is 0. The minimum absolute atomic E-state index is 0.237. The van der Waals surface area contributed by atoms with Crippen molar-refractivity contribution in [3.8, 4) is 0 Å². The number of carbonyl (C=O) groups is 1. The van der Waals surface area contributed by atoms with Crippen LogP contribution in [0.4, 0.5) is 0 Å². The third-order valence-electron chi connectivity index (χ3n) is 7.58. The summed E-state index contributed by atoms with van der Waals surface area (Å²) in [7, 11) is 0. The normalized spacial score (nSPS) is 29.2. The minimum atomic E-state index is -0.291. The van der Waals surface area contributed by atoms with Gasteiger partial charge in [0.2, 0.25) is 0 Å². The van der Waals surface area contributed by atoms with Gasteiger partial charge in [-0.05, 0) is 87.9 Å². The van der Waals surface area contributed by atoms with E-state index in [0.717, 1.165) is 30.6 Å². The Morgan fingerprint density at radius 2 is 1.64 bits per heavy atom. The Bertz CT molecular complexity index is 456. The predicted octanol–water partition coefficient (Wildman–Crippen LogP) is 6.30. The molecule has 2 aliphatic rings. The van der Waals surface area contributed by atoms with Crippen LogP contribution >= 0.6 is 0 Å². The van der Waals surface area contributed by atoms with Gasteiger partial charge in [-0.15, -0.1) is 0 Å². The maximum atomic E-state index is 11.6. The van der Waals surface area contributed by atoms with Crippen LogP contribution in [0.5, 0.6) is 0 Å². The molecular weight excluding hydrogens is 348 g/mol. The molecule has 2 rings (SSSR count). The highest BCUT2D eigenvalue weighted by molar-refractivity contribution is 5.86. The van der Waals surface area contributed by atoms with Crippen molar-refractivity contribution in [3.63, 3.8) is 0 Å². The van der Waals surface area contributed by atoms with Gasteiger partial charge in [0.05, 0.1) is 6.61 Å². The first-order valence-corrected chi connectivity index (χ1v) is 12.0. The molecule has 2 aliphatic carbocycles. The summed E-state index contributed by atoms with van der Waals surface area (Å²) < 4.78 is 5.31. The average Bonchev–Trinajstić information content (AvgIpc) is 2.72. The molecule has 1 unspecified atom stereocenters. The molecule has 3 nitrogen and oxygen atoms in total. The Hall–Kier alpha value is -0.830. The van der Waals surface area contributed by atoms with Gasteiger partial charge in [0.15, 0.2) is 0 Å². The molecule has 0 aromatic carbocycles. The number of ether oxygens (including phenoxy) is 1. The summed E-state index contributed by atoms with van der Waals surface area (Å²) in [6.07, 6.45) is 17.1. The Morgan fingerprint density at radius 3 is 2.18 bits per heavy atom. The highest BCUT2D eigenvalue weighted by Gasteiger charge is 2.33. The van der Waals surface area contributed by atoms with Crippen molar-refractivity contribution in [2.45, 2.75) is 97.3 Å². The lowest BCUT2D eigenvalue weighted by Gasteiger charge is -2.40. The van der Waals surface area contributed by atoms with E-state index in [0.29, 0.717) is 24.0 Å². The van der Waals surface area contributed by atoms with Crippen LogP contribution in [0.3, 0.4) is 0 Å². The number of aliphatic hydroxyl groups excluding tert-OH is 1. The molecule has 0 spiro atoms. The van der Waals surface area contributed by atoms with E-state index in [9.17, 15) is 9.90 Å². The smallest absolute Gasteiger partial charge is 0.333 e. The first-order chi connectivity index (χ1) is 13.5. The summed E-state index contributed by atoms with van der Waals surface area (Å²) in [5.41, 5.74) is 0.462. The lowest BCUT2D eigenvalue weighted by atomic mass is 9.66. The molecule has 0 aromatic rings. The van der Waals surface area contributed by atoms with Crippen molar-refractivity contribution >= 4 is 5.97 Å². The quantitative estimate of drug-likeness (QED) is 0.332. The number of aliphatic hydroxyl groups is 1. The van der Waals surface area contributed by atoms with Gasteiger partial charge < -0.3 is 9.84 Å². The van der Waals surface area contributed by atoms with Crippen molar-refractivity contribution < 1.29 is 14.6 Å². The van der Waals surface area contributed by atoms with Gasteiger partial charge in [-0.25, -0.2) is 4.79 Å². The van der Waals surface area contributed by atoms with Gasteiger partial charge in [0.25, 0.3) is 0 Å². The number of carbonyl (C=O) groups excluding carboxylic acids is 1. The Kier molecular flexibility index (Phi) is 10.6. The highest BCUT2D eigenvalue weighted by Crippen LogP contribution is 2.44. The Labute approximate surface area is 173 Å². The van der Waals surface area contributed by atoms with Gasteiger partial charge >= 0.3 is 5.97 Å². The second kappa shape index (κ2) is 12.7. The van der Waals surface area contributed by atoms with Crippen LogP contribution in [-0.4, -0.2) is 24.3 Å². The van der Waals surface area contributed by atoms with Crippen LogP contribution in [-0.2, 0) is 9.53 Å². The van der Waals surface area contributed by atoms with Crippen molar-refractivity contribution in [2.75, 3.05) is 13.2 Å². The van der Waals surface area contributed by atoms with Crippen molar-refractivity contribution in [3.05, 3.63) is 12.2 Å². The van der Waals surface area contributed by atoms with Gasteiger partial charge in [-0.1, -0.05) is 45.6 Å². The third kappa shape index (κ3) is 7.54. The van der Waals surface area contributed by atoms with E-state index < -0.39 is 0 Å². The molecule has 0 heterocycles. The number of unbranched alkanes of at least 4 members (excludes halogenated alkanes) is 1. The van der Waals surface area contributed by atoms with Gasteiger partial charge in [-0.3, -0.25) is 0 Å². The largest absolute Gasteiger partial charge is 0.462 e. The lowest BCUT2D eigenvalue weighted by molar-refractivity contribution is -0.139. The monoisotopic (exact) mass is 392 g/mol. The fourth-order valence-electron chi connectivity index (χ4n) is 5.74. The summed E-state index contributed by atoms with van der Waals surface area (Å²) >= 11 is 0. The van der Waals surface area contributed by atoms with Crippen LogP contribution in [0, 0.1) is 29.6 Å². The predicted molar refractivity (Wildman–Crippen MR) is 116 cm³/mol. The molecule has 162 valence electrons. The molecule has 3 heteroatoms. The standard InChI is InChI=1S/C25H44O3/c1-4-5-6-20-7-9-21(10-8-20)22-11-13-23(14-12-22)24(15-17-26)16-18-28-25(27)19(2)3/h20-24,26H,2,4-18H2,1,3H3. The Balaban J connectivity index is 1.71. The fraction of sp³-hybridized carbons (Fsp3) is 0.880. The molecule has 2 saturated carbocycles. The molecule has 0 aliphatic heterocycles. The molecule has 0 bridgehead atoms. The van der Waals surface area contributed by atoms with E-state index >= 15 is 0 Å². The van der Waals surface area contributed by atoms with Crippen molar-refractivity contribution in [2.24, 2.45) is 29.6 Å². The van der Waals surface area contributed by atoms with Gasteiger partial charge in [0, 0.05) is 12.2 Å². The summed E-state index contributed by atoms with van der Waals surface area (Å²) in [5, 5.41) is 9.48. The molecule has 1 atom stereocenters. The SMILES string of the molecule is C=C(C)C(=O)OCCC(CCO)C1CCC(C2CCC(CCCC)CC2)CC1. The molecular formula is C25H44O3. The van der Waals surface area contributed by atoms with E-state index in [1.54, 1.807) is 6.92 Å². The minimum Gasteiger partial charge on any atom is -0.462 e. The van der Waals surface area contributed by atoms with Gasteiger partial charge in [-0.2, -0.15) is 0 Å². The van der Waals surface area contributed by atoms with Crippen LogP contribution in [0.1, 0.15) is 97.3 Å². The topological polar surface area (TPSA) is 46.5 Å². The van der Waals surface area contributed by atoms with Crippen molar-refractivity contribution in [1.82, 2.24) is 0 Å². The average molecular weight is 393 g/mol. The number of hydrogen-bond acceptors (Lipinski definition) is 3. The summed E-state index contributed by atoms with van der Waals surface area (Å²) in [5.74, 6) is 3.77. The van der Waals surface area contributed by atoms with Crippen LogP contribution in [0.15, 0.2) is 12.2 Å². The van der Waals surface area contributed by atoms with Crippen LogP contribution in [0.25, 0.3) is 0 Å². The number of rotatable bonds is 11. The Morgan fingerprint density at radius 1 is 1.04 bits per heavy atom.